The molecule has 1 aromatic heterocycles. The zero-order chi connectivity index (χ0) is 31.6. The van der Waals surface area contributed by atoms with Gasteiger partial charge in [-0.15, -0.1) is 0 Å². The zero-order valence-corrected chi connectivity index (χ0v) is 24.5. The molecule has 0 radical (unpaired) electrons. The van der Waals surface area contributed by atoms with E-state index in [1.165, 1.54) is 18.2 Å². The number of hydrogen-bond donors (Lipinski definition) is 1. The highest BCUT2D eigenvalue weighted by molar-refractivity contribution is 5.92. The van der Waals surface area contributed by atoms with Crippen molar-refractivity contribution in [3.63, 3.8) is 0 Å². The van der Waals surface area contributed by atoms with E-state index in [-0.39, 0.29) is 40.5 Å². The largest absolute Gasteiger partial charge is 0.490 e. The van der Waals surface area contributed by atoms with E-state index in [2.05, 4.69) is 16.0 Å². The zero-order valence-electron chi connectivity index (χ0n) is 24.5. The topological polar surface area (TPSA) is 124 Å². The van der Waals surface area contributed by atoms with Crippen molar-refractivity contribution in [1.29, 1.82) is 10.5 Å². The third kappa shape index (κ3) is 6.74. The van der Waals surface area contributed by atoms with Gasteiger partial charge in [-0.2, -0.15) is 10.5 Å². The fraction of sp³-hybridized carbons (Fsp3) is 0.353. The van der Waals surface area contributed by atoms with Crippen LogP contribution in [-0.2, 0) is 19.7 Å². The summed E-state index contributed by atoms with van der Waals surface area (Å²) >= 11 is 0. The van der Waals surface area contributed by atoms with Crippen molar-refractivity contribution in [1.82, 2.24) is 14.5 Å². The van der Waals surface area contributed by atoms with Crippen molar-refractivity contribution in [2.45, 2.75) is 57.9 Å². The number of aromatic nitrogens is 2. The Hall–Kier alpha value is -5.00. The Morgan fingerprint density at radius 1 is 1.07 bits per heavy atom. The highest BCUT2D eigenvalue weighted by atomic mass is 19.1. The average molecular weight is 612 g/mol. The lowest BCUT2D eigenvalue weighted by molar-refractivity contribution is 0.0696. The minimum absolute atomic E-state index is 0.0202. The molecule has 0 bridgehead atoms. The minimum Gasteiger partial charge on any atom is -0.490 e. The van der Waals surface area contributed by atoms with Gasteiger partial charge < -0.3 is 19.1 Å². The molecule has 0 amide bonds. The van der Waals surface area contributed by atoms with Crippen molar-refractivity contribution in [2.75, 3.05) is 13.1 Å². The number of hydrogen-bond acceptors (Lipinski definition) is 7. The third-order valence-corrected chi connectivity index (χ3v) is 8.59. The molecule has 1 saturated carbocycles. The van der Waals surface area contributed by atoms with Crippen molar-refractivity contribution in [3.8, 4) is 23.6 Å². The maximum Gasteiger partial charge on any atom is 0.335 e. The summed E-state index contributed by atoms with van der Waals surface area (Å²) in [5.74, 6) is -1.05. The Morgan fingerprint density at radius 3 is 2.56 bits per heavy atom. The predicted molar refractivity (Wildman–Crippen MR) is 159 cm³/mol. The van der Waals surface area contributed by atoms with Crippen LogP contribution >= 0.6 is 0 Å². The number of nitriles is 2. The Morgan fingerprint density at radius 2 is 1.87 bits per heavy atom. The number of carboxylic acid groups (broad SMARTS) is 1. The van der Waals surface area contributed by atoms with Crippen LogP contribution in [0.25, 0.3) is 11.0 Å². The number of piperidine rings is 1. The molecule has 3 aromatic carbocycles. The molecule has 1 aliphatic carbocycles. The van der Waals surface area contributed by atoms with Crippen LogP contribution in [-0.4, -0.2) is 44.7 Å². The first kappa shape index (κ1) is 30.0. The summed E-state index contributed by atoms with van der Waals surface area (Å²) in [4.78, 5) is 18.5. The molecule has 11 heteroatoms. The molecule has 0 atom stereocenters. The van der Waals surface area contributed by atoms with E-state index in [0.29, 0.717) is 36.6 Å². The molecule has 2 fully saturated rings. The van der Waals surface area contributed by atoms with Gasteiger partial charge in [-0.1, -0.05) is 12.1 Å². The molecular weight excluding hydrogens is 580 g/mol. The van der Waals surface area contributed by atoms with Crippen LogP contribution in [0.3, 0.4) is 0 Å². The van der Waals surface area contributed by atoms with E-state index >= 15 is 0 Å². The quantitative estimate of drug-likeness (QED) is 0.213. The fourth-order valence-electron chi connectivity index (χ4n) is 5.86. The maximum atomic E-state index is 15.0. The lowest BCUT2D eigenvalue weighted by Gasteiger charge is -2.32. The van der Waals surface area contributed by atoms with Crippen LogP contribution in [0.2, 0.25) is 0 Å². The van der Waals surface area contributed by atoms with Gasteiger partial charge >= 0.3 is 5.97 Å². The van der Waals surface area contributed by atoms with Gasteiger partial charge in [-0.3, -0.25) is 4.90 Å². The first-order chi connectivity index (χ1) is 21.8. The number of halogens is 2. The molecule has 0 unspecified atom stereocenters. The van der Waals surface area contributed by atoms with Gasteiger partial charge in [0, 0.05) is 31.5 Å². The van der Waals surface area contributed by atoms with Crippen LogP contribution in [0.1, 0.15) is 59.4 Å². The van der Waals surface area contributed by atoms with Crippen molar-refractivity contribution in [2.24, 2.45) is 5.41 Å². The van der Waals surface area contributed by atoms with Crippen molar-refractivity contribution < 1.29 is 28.2 Å². The molecule has 45 heavy (non-hydrogen) atoms. The number of fused-ring (bicyclic) bond motifs is 1. The molecule has 9 nitrogen and oxygen atoms in total. The Balaban J connectivity index is 1.10. The number of imidazole rings is 1. The molecule has 0 spiro atoms. The lowest BCUT2D eigenvalue weighted by Crippen LogP contribution is -2.38. The number of likely N-dealkylation sites (tertiary alicyclic amines) is 1. The number of carbonyl (C=O) groups is 1. The second-order valence-corrected chi connectivity index (χ2v) is 11.9. The summed E-state index contributed by atoms with van der Waals surface area (Å²) < 4.78 is 43.0. The van der Waals surface area contributed by atoms with Gasteiger partial charge in [0.1, 0.15) is 29.8 Å². The van der Waals surface area contributed by atoms with Gasteiger partial charge in [-0.05, 0) is 73.7 Å². The van der Waals surface area contributed by atoms with Crippen LogP contribution in [0.4, 0.5) is 8.78 Å². The molecule has 2 heterocycles. The molecule has 2 aliphatic rings. The van der Waals surface area contributed by atoms with E-state index in [9.17, 15) is 23.9 Å². The summed E-state index contributed by atoms with van der Waals surface area (Å²) in [6, 6.07) is 18.2. The Bertz CT molecular complexity index is 1830. The summed E-state index contributed by atoms with van der Waals surface area (Å²) in [6.45, 7) is 2.54. The smallest absolute Gasteiger partial charge is 0.335 e. The van der Waals surface area contributed by atoms with Crippen molar-refractivity contribution >= 4 is 17.0 Å². The molecule has 230 valence electrons. The van der Waals surface area contributed by atoms with Crippen LogP contribution < -0.4 is 9.47 Å². The van der Waals surface area contributed by atoms with E-state index in [1.54, 1.807) is 0 Å². The number of carboxylic acids is 1. The normalized spacial score (nSPS) is 16.2. The average Bonchev–Trinajstić information content (AvgIpc) is 3.71. The molecule has 1 N–H and O–H groups in total. The highest BCUT2D eigenvalue weighted by Gasteiger charge is 2.43. The van der Waals surface area contributed by atoms with E-state index in [0.717, 1.165) is 56.5 Å². The number of benzene rings is 3. The molecule has 1 aliphatic heterocycles. The Kier molecular flexibility index (Phi) is 8.38. The lowest BCUT2D eigenvalue weighted by atomic mass is 10.0. The van der Waals surface area contributed by atoms with Crippen LogP contribution in [0.5, 0.6) is 11.5 Å². The predicted octanol–water partition coefficient (Wildman–Crippen LogP) is 6.20. The first-order valence-electron chi connectivity index (χ1n) is 14.9. The minimum atomic E-state index is -1.21. The monoisotopic (exact) mass is 611 g/mol. The SMILES string of the molecule is N#CCC1(Cn2c(CN3CCC(Oc4cccc(COc5ccc(C#N)cc5F)c4)CC3)nc3c(F)cc(C(=O)O)cc32)CC1. The summed E-state index contributed by atoms with van der Waals surface area (Å²) in [5.41, 5.74) is 1.31. The van der Waals surface area contributed by atoms with E-state index in [4.69, 9.17) is 14.7 Å². The van der Waals surface area contributed by atoms with Gasteiger partial charge in [0.15, 0.2) is 17.4 Å². The van der Waals surface area contributed by atoms with Gasteiger partial charge in [0.05, 0.1) is 35.3 Å². The molecule has 6 rings (SSSR count). The Labute approximate surface area is 258 Å². The van der Waals surface area contributed by atoms with Gasteiger partial charge in [-0.25, -0.2) is 18.6 Å². The molecule has 1 saturated heterocycles. The van der Waals surface area contributed by atoms with E-state index < -0.39 is 17.6 Å². The maximum absolute atomic E-state index is 15.0. The fourth-order valence-corrected chi connectivity index (χ4v) is 5.86. The standard InChI is InChI=1S/C34H31F2N5O4/c35-27-15-22(18-38)4-5-30(27)44-20-23-2-1-3-26(14-23)45-25-6-12-40(13-7-25)19-31-39-32-28(36)16-24(33(42)43)17-29(32)41(31)21-34(8-9-34)10-11-37/h1-5,14-17,25H,6-10,12-13,19-21H2,(H,42,43). The summed E-state index contributed by atoms with van der Waals surface area (Å²) in [5, 5.41) is 27.8. The molecule has 4 aromatic rings. The number of aromatic carboxylic acids is 1. The highest BCUT2D eigenvalue weighted by Crippen LogP contribution is 2.50. The van der Waals surface area contributed by atoms with Crippen LogP contribution in [0.15, 0.2) is 54.6 Å². The van der Waals surface area contributed by atoms with Gasteiger partial charge in [0.2, 0.25) is 0 Å². The summed E-state index contributed by atoms with van der Waals surface area (Å²) in [7, 11) is 0. The van der Waals surface area contributed by atoms with E-state index in [1.807, 2.05) is 34.9 Å². The number of nitrogens with zero attached hydrogens (tertiary/aromatic N) is 5. The number of rotatable bonds is 11. The second-order valence-electron chi connectivity index (χ2n) is 11.9. The third-order valence-electron chi connectivity index (χ3n) is 8.59. The number of ether oxygens (including phenoxy) is 2. The summed E-state index contributed by atoms with van der Waals surface area (Å²) in [6.07, 6.45) is 3.66. The van der Waals surface area contributed by atoms with Crippen molar-refractivity contribution in [3.05, 3.63) is 88.7 Å². The molecular formula is C34H31F2N5O4. The van der Waals surface area contributed by atoms with Crippen LogP contribution in [0, 0.1) is 39.7 Å². The first-order valence-corrected chi connectivity index (χ1v) is 14.9. The van der Waals surface area contributed by atoms with Gasteiger partial charge in [0.25, 0.3) is 0 Å². The second kappa shape index (κ2) is 12.5.